The number of likely N-dealkylation sites (N-methyl/N-ethyl adjacent to an activating group) is 1. The summed E-state index contributed by atoms with van der Waals surface area (Å²) in [6.45, 7) is 11.4. The van der Waals surface area contributed by atoms with Gasteiger partial charge in [0, 0.05) is 43.8 Å². The number of hydrogen-bond donors (Lipinski definition) is 2. The number of amides is 3. The molecule has 1 atom stereocenters. The minimum Gasteiger partial charge on any atom is -0.465 e. The molecule has 1 aromatic rings. The first-order valence-corrected chi connectivity index (χ1v) is 29.4. The second-order valence-corrected chi connectivity index (χ2v) is 21.5. The lowest BCUT2D eigenvalue weighted by atomic mass is 9.94. The fourth-order valence-electron chi connectivity index (χ4n) is 9.35. The molecule has 1 unspecified atom stereocenters. The highest BCUT2D eigenvalue weighted by Gasteiger charge is 2.30. The van der Waals surface area contributed by atoms with Crippen LogP contribution >= 0.6 is 11.3 Å². The molecule has 0 radical (unpaired) electrons. The van der Waals surface area contributed by atoms with E-state index in [-0.39, 0.29) is 48.1 Å². The van der Waals surface area contributed by atoms with Gasteiger partial charge in [0.05, 0.1) is 24.6 Å². The Hall–Kier alpha value is -2.99. The highest BCUT2D eigenvalue weighted by atomic mass is 32.1. The van der Waals surface area contributed by atoms with Crippen LogP contribution in [0.4, 0.5) is 5.00 Å². The maximum Gasteiger partial charge on any atom is 0.308 e. The smallest absolute Gasteiger partial charge is 0.308 e. The average molecular weight is 988 g/mol. The molecule has 0 saturated heterocycles. The zero-order chi connectivity index (χ0) is 50.3. The summed E-state index contributed by atoms with van der Waals surface area (Å²) >= 11 is 1.39. The van der Waals surface area contributed by atoms with Crippen LogP contribution in [-0.2, 0) is 41.6 Å². The first-order valence-electron chi connectivity index (χ1n) is 28.5. The lowest BCUT2D eigenvalue weighted by Gasteiger charge is -2.27. The Bertz CT molecular complexity index is 1520. The van der Waals surface area contributed by atoms with E-state index in [1.807, 2.05) is 23.9 Å². The molecular weight excluding hydrogens is 885 g/mol. The van der Waals surface area contributed by atoms with E-state index in [1.54, 1.807) is 0 Å². The van der Waals surface area contributed by atoms with E-state index >= 15 is 0 Å². The second kappa shape index (κ2) is 40.6. The number of unbranched alkanes of at least 4 members (excludes halogenated alkanes) is 21. The molecule has 0 aromatic carbocycles. The number of hydrogen-bond acceptors (Lipinski definition) is 9. The molecule has 2 heterocycles. The molecule has 12 heteroatoms. The van der Waals surface area contributed by atoms with Crippen molar-refractivity contribution in [2.75, 3.05) is 45.7 Å². The van der Waals surface area contributed by atoms with Gasteiger partial charge in [-0.1, -0.05) is 156 Å². The van der Waals surface area contributed by atoms with Crippen LogP contribution in [0.1, 0.15) is 267 Å². The van der Waals surface area contributed by atoms with Crippen LogP contribution in [0.3, 0.4) is 0 Å². The van der Waals surface area contributed by atoms with Crippen molar-refractivity contribution in [3.63, 3.8) is 0 Å². The number of thiophene rings is 1. The fraction of sp³-hybridized carbons (Fsp3) is 0.842. The Morgan fingerprint density at radius 1 is 0.623 bits per heavy atom. The van der Waals surface area contributed by atoms with Gasteiger partial charge >= 0.3 is 11.9 Å². The average Bonchev–Trinajstić information content (AvgIpc) is 3.69. The normalized spacial score (nSPS) is 12.9. The Labute approximate surface area is 425 Å². The van der Waals surface area contributed by atoms with Crippen LogP contribution in [0, 0.1) is 5.92 Å². The number of ether oxygens (including phenoxy) is 2. The van der Waals surface area contributed by atoms with Crippen molar-refractivity contribution < 1.29 is 33.4 Å². The first-order chi connectivity index (χ1) is 33.5. The fourth-order valence-corrected chi connectivity index (χ4v) is 10.6. The number of carbonyl (C=O) groups is 5. The molecule has 2 rings (SSSR count). The summed E-state index contributed by atoms with van der Waals surface area (Å²) in [4.78, 5) is 71.4. The molecule has 0 bridgehead atoms. The molecule has 1 aliphatic heterocycles. The van der Waals surface area contributed by atoms with Crippen LogP contribution in [-0.4, -0.2) is 85.9 Å². The zero-order valence-corrected chi connectivity index (χ0v) is 45.9. The maximum atomic E-state index is 13.7. The van der Waals surface area contributed by atoms with Gasteiger partial charge in [0.2, 0.25) is 11.8 Å². The Morgan fingerprint density at radius 2 is 1.13 bits per heavy atom. The molecule has 11 nitrogen and oxygen atoms in total. The van der Waals surface area contributed by atoms with Gasteiger partial charge in [0.15, 0.2) is 0 Å². The summed E-state index contributed by atoms with van der Waals surface area (Å²) in [5, 5.41) is 6.62. The predicted molar refractivity (Wildman–Crippen MR) is 287 cm³/mol. The first kappa shape index (κ1) is 62.1. The van der Waals surface area contributed by atoms with E-state index in [0.717, 1.165) is 81.1 Å². The largest absolute Gasteiger partial charge is 0.465 e. The molecule has 0 spiro atoms. The predicted octanol–water partition coefficient (Wildman–Crippen LogP) is 14.3. The highest BCUT2D eigenvalue weighted by molar-refractivity contribution is 7.17. The molecular formula is C57H102N4O7S. The summed E-state index contributed by atoms with van der Waals surface area (Å²) in [5.74, 6) is -0.545. The maximum absolute atomic E-state index is 13.7. The molecule has 1 aliphatic rings. The van der Waals surface area contributed by atoms with Crippen LogP contribution in [0.25, 0.3) is 0 Å². The van der Waals surface area contributed by atoms with Gasteiger partial charge in [-0.15, -0.1) is 11.3 Å². The number of anilines is 1. The molecule has 2 N–H and O–H groups in total. The van der Waals surface area contributed by atoms with E-state index in [2.05, 4.69) is 38.3 Å². The number of nitrogens with zero attached hydrogens (tertiary/aromatic N) is 2. The third-order valence-electron chi connectivity index (χ3n) is 13.8. The summed E-state index contributed by atoms with van der Waals surface area (Å²) in [7, 11) is 3.92. The van der Waals surface area contributed by atoms with Crippen LogP contribution < -0.4 is 10.6 Å². The molecule has 3 amide bonds. The minimum atomic E-state index is -0.213. The SMILES string of the molecule is CCCCCCCCC(CCCCCCCC)OC(=O)CCCCC(=O)Nc1sc2c(c1C(=O)NCCN(C)C)CCN(C(=O)CCCCCOC(=O)C(CCCCCC)CCCCCCCC)C2. The standard InChI is InChI=1S/C57H102N4O7S/c1-7-11-15-19-22-27-35-47(34-26-18-14-10-4)57(66)67-45-33-25-30-39-52(63)61-43-41-49-50(46-61)69-56(54(49)55(65)58-42-44-60(5)6)59-51(62)38-31-32-40-53(64)68-48(36-28-23-20-16-12-8-2)37-29-24-21-17-13-9-3/h47-48H,7-46H2,1-6H3,(H,58,65)(H,59,62). The molecule has 0 aliphatic carbocycles. The van der Waals surface area contributed by atoms with Gasteiger partial charge in [0.25, 0.3) is 5.91 Å². The zero-order valence-electron chi connectivity index (χ0n) is 45.1. The van der Waals surface area contributed by atoms with Crippen LogP contribution in [0.15, 0.2) is 0 Å². The summed E-state index contributed by atoms with van der Waals surface area (Å²) in [5.41, 5.74) is 1.41. The molecule has 1 aromatic heterocycles. The van der Waals surface area contributed by atoms with E-state index in [9.17, 15) is 24.0 Å². The van der Waals surface area contributed by atoms with Gasteiger partial charge in [-0.25, -0.2) is 0 Å². The van der Waals surface area contributed by atoms with Gasteiger partial charge in [0.1, 0.15) is 11.1 Å². The quantitative estimate of drug-likeness (QED) is 0.0488. The number of carbonyl (C=O) groups excluding carboxylic acids is 5. The van der Waals surface area contributed by atoms with Crippen molar-refractivity contribution in [1.29, 1.82) is 0 Å². The Morgan fingerprint density at radius 3 is 1.71 bits per heavy atom. The highest BCUT2D eigenvalue weighted by Crippen LogP contribution is 2.38. The number of fused-ring (bicyclic) bond motifs is 1. The summed E-state index contributed by atoms with van der Waals surface area (Å²) < 4.78 is 11.8. The van der Waals surface area contributed by atoms with E-state index in [0.29, 0.717) is 75.5 Å². The number of esters is 2. The molecule has 0 saturated carbocycles. The van der Waals surface area contributed by atoms with Crippen molar-refractivity contribution >= 4 is 46.0 Å². The van der Waals surface area contributed by atoms with Crippen molar-refractivity contribution in [3.8, 4) is 0 Å². The number of rotatable bonds is 44. The van der Waals surface area contributed by atoms with E-state index in [1.165, 1.54) is 127 Å². The monoisotopic (exact) mass is 987 g/mol. The topological polar surface area (TPSA) is 134 Å². The van der Waals surface area contributed by atoms with E-state index < -0.39 is 0 Å². The molecule has 69 heavy (non-hydrogen) atoms. The van der Waals surface area contributed by atoms with Crippen LogP contribution in [0.2, 0.25) is 0 Å². The molecule has 398 valence electrons. The minimum absolute atomic E-state index is 0.00583. The van der Waals surface area contributed by atoms with Crippen molar-refractivity contribution in [2.45, 2.75) is 265 Å². The Kier molecular flexibility index (Phi) is 36.5. The second-order valence-electron chi connectivity index (χ2n) is 20.4. The van der Waals surface area contributed by atoms with E-state index in [4.69, 9.17) is 9.47 Å². The van der Waals surface area contributed by atoms with Gasteiger partial charge < -0.3 is 29.9 Å². The molecule has 0 fully saturated rings. The van der Waals surface area contributed by atoms with Gasteiger partial charge in [-0.2, -0.15) is 0 Å². The van der Waals surface area contributed by atoms with Crippen molar-refractivity contribution in [1.82, 2.24) is 15.1 Å². The third-order valence-corrected chi connectivity index (χ3v) is 14.9. The Balaban J connectivity index is 1.90. The van der Waals surface area contributed by atoms with Crippen molar-refractivity contribution in [3.05, 3.63) is 16.0 Å². The summed E-state index contributed by atoms with van der Waals surface area (Å²) in [6.07, 6.45) is 35.1. The summed E-state index contributed by atoms with van der Waals surface area (Å²) in [6, 6.07) is 0. The number of nitrogens with one attached hydrogen (secondary N) is 2. The van der Waals surface area contributed by atoms with Crippen LogP contribution in [0.5, 0.6) is 0 Å². The van der Waals surface area contributed by atoms with Crippen molar-refractivity contribution in [2.24, 2.45) is 5.92 Å². The lowest BCUT2D eigenvalue weighted by molar-refractivity contribution is -0.150. The van der Waals surface area contributed by atoms with Gasteiger partial charge in [-0.05, 0) is 96.7 Å². The third kappa shape index (κ3) is 29.2. The van der Waals surface area contributed by atoms with Gasteiger partial charge in [-0.3, -0.25) is 24.0 Å². The lowest BCUT2D eigenvalue weighted by Crippen LogP contribution is -2.36.